The molecule has 0 aliphatic carbocycles. The van der Waals surface area contributed by atoms with Crippen LogP contribution in [0.25, 0.3) is 44.1 Å². The molecule has 0 atom stereocenters. The van der Waals surface area contributed by atoms with Crippen molar-refractivity contribution in [2.45, 2.75) is 39.8 Å². The number of fused-ring (bicyclic) bond motifs is 11. The average Bonchev–Trinajstić information content (AvgIpc) is 2.92. The molecule has 0 spiro atoms. The maximum Gasteiger partial charge on any atom is 0.221 e. The van der Waals surface area contributed by atoms with Crippen molar-refractivity contribution in [3.8, 4) is 22.5 Å². The number of rotatable bonds is 0. The molecule has 0 fully saturated rings. The van der Waals surface area contributed by atoms with Crippen LogP contribution in [0.1, 0.15) is 22.3 Å². The number of nitrogens with zero attached hydrogens (tertiary/aromatic N) is 2. The largest absolute Gasteiger partial charge is 0.726 e. The zero-order chi connectivity index (χ0) is 30.4. The fourth-order valence-corrected chi connectivity index (χ4v) is 6.19. The first-order valence-corrected chi connectivity index (χ1v) is 15.8. The molecule has 0 unspecified atom stereocenters. The van der Waals surface area contributed by atoms with Gasteiger partial charge in [0, 0.05) is 25.0 Å². The van der Waals surface area contributed by atoms with Gasteiger partial charge in [-0.15, -0.1) is 0 Å². The van der Waals surface area contributed by atoms with Gasteiger partial charge in [0.25, 0.3) is 0 Å². The van der Waals surface area contributed by atoms with Crippen molar-refractivity contribution in [1.82, 2.24) is 0 Å². The third-order valence-electron chi connectivity index (χ3n) is 7.87. The summed E-state index contributed by atoms with van der Waals surface area (Å²) in [4.78, 5) is 0. The van der Waals surface area contributed by atoms with Crippen LogP contribution in [0.3, 0.4) is 0 Å². The Morgan fingerprint density at radius 1 is 0.619 bits per heavy atom. The van der Waals surface area contributed by atoms with E-state index in [2.05, 4.69) is 96.0 Å². The van der Waals surface area contributed by atoms with Crippen LogP contribution in [-0.2, 0) is 46.7 Å². The first kappa shape index (κ1) is 29.7. The summed E-state index contributed by atoms with van der Waals surface area (Å²) in [6, 6.07) is 22.3. The number of hydrogen-bond donors (Lipinski definition) is 2. The lowest BCUT2D eigenvalue weighted by atomic mass is 9.78. The molecule has 42 heavy (non-hydrogen) atoms. The first-order valence-electron chi connectivity index (χ1n) is 13.1. The van der Waals surface area contributed by atoms with E-state index in [-0.39, 0.29) is 0 Å². The van der Waals surface area contributed by atoms with Gasteiger partial charge in [0.05, 0.1) is 21.9 Å². The van der Waals surface area contributed by atoms with Crippen LogP contribution < -0.4 is 9.13 Å². The standard InChI is InChI=1S/C30H26N2.2H2O4S/c1-19-20(2)24-14-18-32-16-12-22-8-4-6-10-26(22)30(32)28(24)27-23(19)13-17-31-15-11-21-7-3-5-9-25(21)29(27)31;2*1-5(2,3)4/h3-12,15-16H,13-14,17-18H2,1-2H3;2*(H2,1,2,3,4)/q+2;;/p-2. The SMILES string of the molecule is Cc1c(C)c2c(c3c1CC[n+]1ccc4ccccc4c1-3)-c1c3ccccc3cc[n+]1CC2.O=S(=O)([O-])O.O=S(=O)([O-])O. The van der Waals surface area contributed by atoms with Gasteiger partial charge in [-0.25, -0.2) is 16.8 Å². The van der Waals surface area contributed by atoms with E-state index in [1.54, 1.807) is 11.1 Å². The molecule has 0 radical (unpaired) electrons. The Balaban J connectivity index is 0.000000308. The second-order valence-electron chi connectivity index (χ2n) is 10.2. The van der Waals surface area contributed by atoms with E-state index in [0.717, 1.165) is 25.9 Å². The average molecular weight is 609 g/mol. The van der Waals surface area contributed by atoms with Crippen molar-refractivity contribution < 1.29 is 44.2 Å². The smallest absolute Gasteiger partial charge is 0.221 e. The number of pyridine rings is 2. The molecule has 5 aromatic rings. The van der Waals surface area contributed by atoms with E-state index in [0.29, 0.717) is 0 Å². The highest BCUT2D eigenvalue weighted by molar-refractivity contribution is 7.80. The number of benzene rings is 3. The Hall–Kier alpha value is -3.78. The Labute approximate surface area is 243 Å². The molecule has 0 amide bonds. The second kappa shape index (κ2) is 11.1. The zero-order valence-electron chi connectivity index (χ0n) is 22.8. The highest BCUT2D eigenvalue weighted by Gasteiger charge is 2.37. The third kappa shape index (κ3) is 6.04. The van der Waals surface area contributed by atoms with E-state index in [4.69, 9.17) is 35.0 Å². The molecule has 0 bridgehead atoms. The molecule has 0 saturated heterocycles. The van der Waals surface area contributed by atoms with Crippen molar-refractivity contribution >= 4 is 42.3 Å². The van der Waals surface area contributed by atoms with Crippen LogP contribution in [0.2, 0.25) is 0 Å². The van der Waals surface area contributed by atoms with Crippen LogP contribution in [0.5, 0.6) is 0 Å². The van der Waals surface area contributed by atoms with Crippen LogP contribution >= 0.6 is 0 Å². The zero-order valence-corrected chi connectivity index (χ0v) is 24.4. The summed E-state index contributed by atoms with van der Waals surface area (Å²) >= 11 is 0. The molecule has 2 N–H and O–H groups in total. The Morgan fingerprint density at radius 3 is 1.31 bits per heavy atom. The quantitative estimate of drug-likeness (QED) is 0.153. The van der Waals surface area contributed by atoms with E-state index in [1.165, 1.54) is 55.2 Å². The summed E-state index contributed by atoms with van der Waals surface area (Å²) in [5.74, 6) is 0. The molecule has 7 rings (SSSR count). The first-order chi connectivity index (χ1) is 19.7. The van der Waals surface area contributed by atoms with Crippen molar-refractivity contribution in [3.05, 3.63) is 95.3 Å². The highest BCUT2D eigenvalue weighted by atomic mass is 32.3. The van der Waals surface area contributed by atoms with Gasteiger partial charge in [0.1, 0.15) is 0 Å². The number of hydrogen-bond acceptors (Lipinski definition) is 6. The fraction of sp³-hybridized carbons (Fsp3) is 0.200. The van der Waals surface area contributed by atoms with Crippen molar-refractivity contribution in [1.29, 1.82) is 0 Å². The Morgan fingerprint density at radius 2 is 0.952 bits per heavy atom. The van der Waals surface area contributed by atoms with Gasteiger partial charge in [-0.2, -0.15) is 9.13 Å². The molecule has 2 aromatic heterocycles. The molecular weight excluding hydrogens is 580 g/mol. The minimum atomic E-state index is -4.92. The summed E-state index contributed by atoms with van der Waals surface area (Å²) in [5, 5.41) is 5.36. The lowest BCUT2D eigenvalue weighted by molar-refractivity contribution is -0.688. The van der Waals surface area contributed by atoms with Gasteiger partial charge in [0.2, 0.25) is 32.2 Å². The predicted octanol–water partition coefficient (Wildman–Crippen LogP) is 3.64. The molecule has 12 heteroatoms. The lowest BCUT2D eigenvalue weighted by Crippen LogP contribution is -2.43. The maximum absolute atomic E-state index is 8.63. The van der Waals surface area contributed by atoms with Crippen LogP contribution in [0.4, 0.5) is 0 Å². The maximum atomic E-state index is 8.63. The topological polar surface area (TPSA) is 163 Å². The summed E-state index contributed by atoms with van der Waals surface area (Å²) in [5.41, 5.74) is 11.8. The summed E-state index contributed by atoms with van der Waals surface area (Å²) in [7, 11) is -9.83. The second-order valence-corrected chi connectivity index (χ2v) is 11.9. The Kier molecular flexibility index (Phi) is 7.88. The lowest BCUT2D eigenvalue weighted by Gasteiger charge is -2.27. The predicted molar refractivity (Wildman–Crippen MR) is 154 cm³/mol. The summed E-state index contributed by atoms with van der Waals surface area (Å²) < 4.78 is 70.6. The number of aromatic nitrogens is 2. The van der Waals surface area contributed by atoms with E-state index in [1.807, 2.05) is 0 Å². The van der Waals surface area contributed by atoms with Crippen LogP contribution in [-0.4, -0.2) is 35.0 Å². The molecular formula is C30H28N2O8S2. The normalized spacial score (nSPS) is 13.5. The summed E-state index contributed by atoms with van der Waals surface area (Å²) in [6.45, 7) is 6.78. The molecule has 0 saturated carbocycles. The molecule has 218 valence electrons. The molecule has 2 aliphatic rings. The molecule has 3 aromatic carbocycles. The van der Waals surface area contributed by atoms with Gasteiger partial charge >= 0.3 is 0 Å². The van der Waals surface area contributed by atoms with Crippen molar-refractivity contribution in [2.75, 3.05) is 0 Å². The minimum Gasteiger partial charge on any atom is -0.726 e. The van der Waals surface area contributed by atoms with Crippen molar-refractivity contribution in [2.24, 2.45) is 0 Å². The van der Waals surface area contributed by atoms with Gasteiger partial charge in [0.15, 0.2) is 25.5 Å². The van der Waals surface area contributed by atoms with E-state index in [9.17, 15) is 0 Å². The highest BCUT2D eigenvalue weighted by Crippen LogP contribution is 2.46. The van der Waals surface area contributed by atoms with E-state index < -0.39 is 20.8 Å². The Bertz CT molecular complexity index is 1930. The monoisotopic (exact) mass is 608 g/mol. The van der Waals surface area contributed by atoms with Crippen LogP contribution in [0, 0.1) is 13.8 Å². The summed E-state index contributed by atoms with van der Waals surface area (Å²) in [6.07, 6.45) is 6.77. The number of aryl methyl sites for hydroxylation is 2. The van der Waals surface area contributed by atoms with Gasteiger partial charge in [-0.1, -0.05) is 36.4 Å². The van der Waals surface area contributed by atoms with Crippen LogP contribution in [0.15, 0.2) is 73.1 Å². The minimum absolute atomic E-state index is 1.04. The van der Waals surface area contributed by atoms with Crippen molar-refractivity contribution in [3.63, 3.8) is 0 Å². The van der Waals surface area contributed by atoms with E-state index >= 15 is 0 Å². The fourth-order valence-electron chi connectivity index (χ4n) is 6.19. The molecule has 10 nitrogen and oxygen atoms in total. The third-order valence-corrected chi connectivity index (χ3v) is 7.87. The van der Waals surface area contributed by atoms with Gasteiger partial charge < -0.3 is 9.11 Å². The molecule has 4 heterocycles. The van der Waals surface area contributed by atoms with Gasteiger partial charge in [-0.3, -0.25) is 9.11 Å². The van der Waals surface area contributed by atoms with Gasteiger partial charge in [-0.05, 0) is 59.0 Å². The molecule has 2 aliphatic heterocycles.